The summed E-state index contributed by atoms with van der Waals surface area (Å²) in [5.74, 6) is 1.21. The molecule has 94 valence electrons. The highest BCUT2D eigenvalue weighted by Crippen LogP contribution is 2.20. The number of hydrogen-bond donors (Lipinski definition) is 0. The Kier molecular flexibility index (Phi) is 4.20. The van der Waals surface area contributed by atoms with Gasteiger partial charge in [0.15, 0.2) is 0 Å². The molecule has 2 aromatic rings. The van der Waals surface area contributed by atoms with Gasteiger partial charge in [-0.1, -0.05) is 6.07 Å². The van der Waals surface area contributed by atoms with E-state index in [1.54, 1.807) is 13.2 Å². The number of benzene rings is 2. The van der Waals surface area contributed by atoms with Gasteiger partial charge in [0.2, 0.25) is 0 Å². The quantitative estimate of drug-likeness (QED) is 0.843. The second kappa shape index (κ2) is 5.87. The molecule has 2 aromatic carbocycles. The van der Waals surface area contributed by atoms with Crippen molar-refractivity contribution < 1.29 is 13.9 Å². The van der Waals surface area contributed by atoms with E-state index in [-0.39, 0.29) is 5.82 Å². The molecule has 0 N–H and O–H groups in total. The summed E-state index contributed by atoms with van der Waals surface area (Å²) >= 11 is 3.11. The van der Waals surface area contributed by atoms with E-state index in [4.69, 9.17) is 9.47 Å². The first kappa shape index (κ1) is 12.9. The second-order valence-corrected chi connectivity index (χ2v) is 4.57. The molecule has 0 radical (unpaired) electrons. The van der Waals surface area contributed by atoms with Gasteiger partial charge in [-0.15, -0.1) is 0 Å². The van der Waals surface area contributed by atoms with Crippen LogP contribution in [0.1, 0.15) is 5.56 Å². The van der Waals surface area contributed by atoms with Crippen molar-refractivity contribution in [1.29, 1.82) is 0 Å². The van der Waals surface area contributed by atoms with Crippen LogP contribution in [0.3, 0.4) is 0 Å². The van der Waals surface area contributed by atoms with Crippen LogP contribution in [0.5, 0.6) is 11.5 Å². The predicted molar refractivity (Wildman–Crippen MR) is 71.4 cm³/mol. The Morgan fingerprint density at radius 1 is 1.06 bits per heavy atom. The molecule has 0 fully saturated rings. The van der Waals surface area contributed by atoms with Gasteiger partial charge in [-0.05, 0) is 57.9 Å². The zero-order chi connectivity index (χ0) is 13.0. The van der Waals surface area contributed by atoms with E-state index in [0.717, 1.165) is 17.1 Å². The third-order valence-corrected chi connectivity index (χ3v) is 3.09. The molecular formula is C14H12BrFO2. The van der Waals surface area contributed by atoms with Crippen LogP contribution in [0.2, 0.25) is 0 Å². The molecule has 4 heteroatoms. The lowest BCUT2D eigenvalue weighted by Crippen LogP contribution is -1.96. The Bertz CT molecular complexity index is 526. The summed E-state index contributed by atoms with van der Waals surface area (Å²) in [6.45, 7) is 0.330. The topological polar surface area (TPSA) is 18.5 Å². The molecular weight excluding hydrogens is 299 g/mol. The van der Waals surface area contributed by atoms with E-state index in [0.29, 0.717) is 11.1 Å². The van der Waals surface area contributed by atoms with E-state index in [9.17, 15) is 4.39 Å². The number of halogens is 2. The zero-order valence-corrected chi connectivity index (χ0v) is 11.4. The summed E-state index contributed by atoms with van der Waals surface area (Å²) < 4.78 is 24.3. The van der Waals surface area contributed by atoms with Crippen LogP contribution >= 0.6 is 15.9 Å². The SMILES string of the molecule is COc1ccc(OCc2ccc(Br)c(F)c2)cc1. The Morgan fingerprint density at radius 3 is 2.33 bits per heavy atom. The summed E-state index contributed by atoms with van der Waals surface area (Å²) in [5, 5.41) is 0. The third-order valence-electron chi connectivity index (χ3n) is 2.45. The molecule has 0 saturated carbocycles. The molecule has 0 atom stereocenters. The third kappa shape index (κ3) is 3.23. The molecule has 0 aromatic heterocycles. The fraction of sp³-hybridized carbons (Fsp3) is 0.143. The number of hydrogen-bond acceptors (Lipinski definition) is 2. The lowest BCUT2D eigenvalue weighted by Gasteiger charge is -2.07. The van der Waals surface area contributed by atoms with Crippen molar-refractivity contribution in [3.8, 4) is 11.5 Å². The van der Waals surface area contributed by atoms with E-state index in [1.165, 1.54) is 6.07 Å². The number of rotatable bonds is 4. The van der Waals surface area contributed by atoms with E-state index < -0.39 is 0 Å². The molecule has 0 unspecified atom stereocenters. The molecule has 2 nitrogen and oxygen atoms in total. The molecule has 0 spiro atoms. The Balaban J connectivity index is 1.99. The Labute approximate surface area is 113 Å². The van der Waals surface area contributed by atoms with Crippen LogP contribution in [-0.4, -0.2) is 7.11 Å². The maximum Gasteiger partial charge on any atom is 0.137 e. The van der Waals surface area contributed by atoms with Crippen molar-refractivity contribution >= 4 is 15.9 Å². The first-order chi connectivity index (χ1) is 8.69. The molecule has 0 saturated heterocycles. The molecule has 0 amide bonds. The predicted octanol–water partition coefficient (Wildman–Crippen LogP) is 4.18. The van der Waals surface area contributed by atoms with Gasteiger partial charge < -0.3 is 9.47 Å². The fourth-order valence-electron chi connectivity index (χ4n) is 1.47. The molecule has 0 bridgehead atoms. The highest BCUT2D eigenvalue weighted by Gasteiger charge is 2.02. The second-order valence-electron chi connectivity index (χ2n) is 3.71. The zero-order valence-electron chi connectivity index (χ0n) is 9.82. The monoisotopic (exact) mass is 310 g/mol. The molecule has 0 aliphatic heterocycles. The molecule has 18 heavy (non-hydrogen) atoms. The largest absolute Gasteiger partial charge is 0.497 e. The number of ether oxygens (including phenoxy) is 2. The minimum Gasteiger partial charge on any atom is -0.497 e. The normalized spacial score (nSPS) is 10.2. The van der Waals surface area contributed by atoms with Crippen molar-refractivity contribution in [2.45, 2.75) is 6.61 Å². The average molecular weight is 311 g/mol. The maximum atomic E-state index is 13.3. The summed E-state index contributed by atoms with van der Waals surface area (Å²) in [7, 11) is 1.61. The highest BCUT2D eigenvalue weighted by molar-refractivity contribution is 9.10. The minimum absolute atomic E-state index is 0.286. The Morgan fingerprint density at radius 2 is 1.72 bits per heavy atom. The van der Waals surface area contributed by atoms with E-state index in [1.807, 2.05) is 30.3 Å². The van der Waals surface area contributed by atoms with Crippen LogP contribution in [0.15, 0.2) is 46.9 Å². The van der Waals surface area contributed by atoms with Crippen molar-refractivity contribution in [2.75, 3.05) is 7.11 Å². The summed E-state index contributed by atoms with van der Waals surface area (Å²) in [4.78, 5) is 0. The van der Waals surface area contributed by atoms with Gasteiger partial charge in [0.05, 0.1) is 11.6 Å². The maximum absolute atomic E-state index is 13.3. The number of methoxy groups -OCH3 is 1. The van der Waals surface area contributed by atoms with Crippen LogP contribution in [0.4, 0.5) is 4.39 Å². The van der Waals surface area contributed by atoms with Gasteiger partial charge in [0, 0.05) is 0 Å². The molecule has 0 aliphatic rings. The Hall–Kier alpha value is -1.55. The van der Waals surface area contributed by atoms with Gasteiger partial charge in [-0.3, -0.25) is 0 Å². The molecule has 2 rings (SSSR count). The van der Waals surface area contributed by atoms with Gasteiger partial charge >= 0.3 is 0 Å². The van der Waals surface area contributed by atoms with E-state index in [2.05, 4.69) is 15.9 Å². The first-order valence-corrected chi connectivity index (χ1v) is 6.19. The van der Waals surface area contributed by atoms with Gasteiger partial charge in [-0.25, -0.2) is 4.39 Å². The van der Waals surface area contributed by atoms with Crippen LogP contribution in [0.25, 0.3) is 0 Å². The van der Waals surface area contributed by atoms with Crippen LogP contribution in [0, 0.1) is 5.82 Å². The van der Waals surface area contributed by atoms with Crippen molar-refractivity contribution in [3.05, 3.63) is 58.3 Å². The van der Waals surface area contributed by atoms with Gasteiger partial charge in [-0.2, -0.15) is 0 Å². The van der Waals surface area contributed by atoms with Crippen molar-refractivity contribution in [3.63, 3.8) is 0 Å². The lowest BCUT2D eigenvalue weighted by atomic mass is 10.2. The standard InChI is InChI=1S/C14H12BrFO2/c1-17-11-3-5-12(6-4-11)18-9-10-2-7-13(15)14(16)8-10/h2-8H,9H2,1H3. The molecule has 0 aliphatic carbocycles. The molecule has 0 heterocycles. The fourth-order valence-corrected chi connectivity index (χ4v) is 1.71. The van der Waals surface area contributed by atoms with Gasteiger partial charge in [0.1, 0.15) is 23.9 Å². The van der Waals surface area contributed by atoms with Crippen LogP contribution in [-0.2, 0) is 6.61 Å². The van der Waals surface area contributed by atoms with Crippen molar-refractivity contribution in [2.24, 2.45) is 0 Å². The summed E-state index contributed by atoms with van der Waals surface area (Å²) in [6.07, 6.45) is 0. The van der Waals surface area contributed by atoms with Crippen molar-refractivity contribution in [1.82, 2.24) is 0 Å². The first-order valence-electron chi connectivity index (χ1n) is 5.40. The lowest BCUT2D eigenvalue weighted by molar-refractivity contribution is 0.305. The highest BCUT2D eigenvalue weighted by atomic mass is 79.9. The van der Waals surface area contributed by atoms with Gasteiger partial charge in [0.25, 0.3) is 0 Å². The minimum atomic E-state index is -0.286. The van der Waals surface area contributed by atoms with Crippen LogP contribution < -0.4 is 9.47 Å². The average Bonchev–Trinajstić information content (AvgIpc) is 2.41. The summed E-state index contributed by atoms with van der Waals surface area (Å²) in [6, 6.07) is 12.2. The smallest absolute Gasteiger partial charge is 0.137 e. The van der Waals surface area contributed by atoms with E-state index >= 15 is 0 Å². The summed E-state index contributed by atoms with van der Waals surface area (Å²) in [5.41, 5.74) is 0.784.